The van der Waals surface area contributed by atoms with Crippen LogP contribution in [0.1, 0.15) is 68.1 Å². The Kier molecular flexibility index (Phi) is 6.56. The Morgan fingerprint density at radius 1 is 1.10 bits per heavy atom. The normalized spacial score (nSPS) is 29.4. The number of carboxylic acid groups (broad SMARTS) is 1. The van der Waals surface area contributed by atoms with E-state index in [1.54, 1.807) is 18.2 Å². The number of carbonyl (C=O) groups is 3. The molecule has 4 bridgehead atoms. The Bertz CT molecular complexity index is 820. The van der Waals surface area contributed by atoms with Gasteiger partial charge in [-0.2, -0.15) is 0 Å². The van der Waals surface area contributed by atoms with E-state index < -0.39 is 17.9 Å². The molecule has 1 aromatic rings. The Balaban J connectivity index is 1.33. The maximum absolute atomic E-state index is 12.8. The standard InChI is InChI=1S/C24H31ClN2O4/c25-19-3-1-2-18(11-19)22(30)27-20(4-5-21(28)29)23(31)26-7-6-24-12-15-8-16(13-24)10-17(9-15)14-24/h1-3,11,15-17,20H,4-10,12-14H2,(H,26,31)(H,27,30)(H,28,29)/t15?,16?,17?,20-,24?/m1/s1. The summed E-state index contributed by atoms with van der Waals surface area (Å²) in [6.45, 7) is 0.571. The van der Waals surface area contributed by atoms with Crippen molar-refractivity contribution in [3.63, 3.8) is 0 Å². The Hall–Kier alpha value is -2.08. The van der Waals surface area contributed by atoms with Gasteiger partial charge in [0.2, 0.25) is 5.91 Å². The van der Waals surface area contributed by atoms with Crippen LogP contribution in [0.15, 0.2) is 24.3 Å². The van der Waals surface area contributed by atoms with E-state index in [2.05, 4.69) is 10.6 Å². The molecular formula is C24H31ClN2O4. The highest BCUT2D eigenvalue weighted by atomic mass is 35.5. The van der Waals surface area contributed by atoms with Crippen molar-refractivity contribution in [2.75, 3.05) is 6.54 Å². The number of benzene rings is 1. The lowest BCUT2D eigenvalue weighted by Crippen LogP contribution is -2.49. The van der Waals surface area contributed by atoms with Gasteiger partial charge >= 0.3 is 5.97 Å². The van der Waals surface area contributed by atoms with Crippen LogP contribution < -0.4 is 10.6 Å². The molecule has 1 atom stereocenters. The molecule has 4 saturated carbocycles. The van der Waals surface area contributed by atoms with Crippen LogP contribution in [0, 0.1) is 23.2 Å². The lowest BCUT2D eigenvalue weighted by Gasteiger charge is -2.57. The Labute approximate surface area is 188 Å². The number of amides is 2. The van der Waals surface area contributed by atoms with Gasteiger partial charge in [-0.15, -0.1) is 0 Å². The first-order chi connectivity index (χ1) is 14.8. The third kappa shape index (κ3) is 5.40. The second-order valence-electron chi connectivity index (χ2n) is 9.93. The minimum absolute atomic E-state index is 0.0465. The van der Waals surface area contributed by atoms with Crippen LogP contribution in [0.5, 0.6) is 0 Å². The molecule has 4 fully saturated rings. The second-order valence-corrected chi connectivity index (χ2v) is 10.4. The quantitative estimate of drug-likeness (QED) is 0.533. The van der Waals surface area contributed by atoms with Gasteiger partial charge in [0.15, 0.2) is 0 Å². The molecule has 0 radical (unpaired) electrons. The highest BCUT2D eigenvalue weighted by Gasteiger charge is 2.50. The third-order valence-corrected chi connectivity index (χ3v) is 7.71. The van der Waals surface area contributed by atoms with Crippen molar-refractivity contribution in [1.82, 2.24) is 10.6 Å². The molecule has 1 aromatic carbocycles. The summed E-state index contributed by atoms with van der Waals surface area (Å²) in [5, 5.41) is 15.1. The van der Waals surface area contributed by atoms with Gasteiger partial charge in [0.05, 0.1) is 0 Å². The van der Waals surface area contributed by atoms with E-state index in [0.29, 0.717) is 22.5 Å². The third-order valence-electron chi connectivity index (χ3n) is 7.48. The number of carboxylic acids is 1. The fraction of sp³-hybridized carbons (Fsp3) is 0.625. The zero-order valence-electron chi connectivity index (χ0n) is 17.7. The zero-order valence-corrected chi connectivity index (χ0v) is 18.5. The van der Waals surface area contributed by atoms with Crippen LogP contribution in [-0.4, -0.2) is 35.5 Å². The van der Waals surface area contributed by atoms with Gasteiger partial charge in [0.1, 0.15) is 6.04 Å². The molecule has 0 aromatic heterocycles. The van der Waals surface area contributed by atoms with Gasteiger partial charge in [-0.25, -0.2) is 0 Å². The van der Waals surface area contributed by atoms with Crippen molar-refractivity contribution in [3.05, 3.63) is 34.9 Å². The molecule has 5 rings (SSSR count). The monoisotopic (exact) mass is 446 g/mol. The highest BCUT2D eigenvalue weighted by molar-refractivity contribution is 6.31. The molecule has 0 unspecified atom stereocenters. The van der Waals surface area contributed by atoms with Crippen LogP contribution in [0.3, 0.4) is 0 Å². The van der Waals surface area contributed by atoms with Crippen LogP contribution in [0.25, 0.3) is 0 Å². The number of hydrogen-bond donors (Lipinski definition) is 3. The number of nitrogens with one attached hydrogen (secondary N) is 2. The molecule has 4 aliphatic carbocycles. The molecular weight excluding hydrogens is 416 g/mol. The molecule has 31 heavy (non-hydrogen) atoms. The van der Waals surface area contributed by atoms with Crippen molar-refractivity contribution >= 4 is 29.4 Å². The summed E-state index contributed by atoms with van der Waals surface area (Å²) in [7, 11) is 0. The van der Waals surface area contributed by atoms with Crippen LogP contribution in [-0.2, 0) is 9.59 Å². The predicted molar refractivity (Wildman–Crippen MR) is 118 cm³/mol. The first-order valence-electron chi connectivity index (χ1n) is 11.4. The second kappa shape index (κ2) is 9.19. The average Bonchev–Trinajstić information content (AvgIpc) is 2.69. The summed E-state index contributed by atoms with van der Waals surface area (Å²) < 4.78 is 0. The number of hydrogen-bond acceptors (Lipinski definition) is 3. The molecule has 4 aliphatic rings. The van der Waals surface area contributed by atoms with E-state index in [1.165, 1.54) is 44.6 Å². The topological polar surface area (TPSA) is 95.5 Å². The van der Waals surface area contributed by atoms with Crippen molar-refractivity contribution < 1.29 is 19.5 Å². The minimum Gasteiger partial charge on any atom is -0.481 e. The van der Waals surface area contributed by atoms with Crippen LogP contribution in [0.2, 0.25) is 5.02 Å². The summed E-state index contributed by atoms with van der Waals surface area (Å²) in [6, 6.07) is 5.57. The van der Waals surface area contributed by atoms with Gasteiger partial charge in [0.25, 0.3) is 5.91 Å². The largest absolute Gasteiger partial charge is 0.481 e. The molecule has 3 N–H and O–H groups in total. The van der Waals surface area contributed by atoms with Gasteiger partial charge in [-0.1, -0.05) is 17.7 Å². The fourth-order valence-electron chi connectivity index (χ4n) is 6.58. The van der Waals surface area contributed by atoms with Gasteiger partial charge in [0, 0.05) is 23.6 Å². The first-order valence-corrected chi connectivity index (χ1v) is 11.8. The number of carbonyl (C=O) groups excluding carboxylic acids is 2. The van der Waals surface area contributed by atoms with E-state index in [-0.39, 0.29) is 18.7 Å². The first kappa shape index (κ1) is 22.1. The number of rotatable bonds is 9. The van der Waals surface area contributed by atoms with Gasteiger partial charge in [-0.3, -0.25) is 14.4 Å². The number of halogens is 1. The summed E-state index contributed by atoms with van der Waals surface area (Å²) in [5.74, 6) is 0.839. The summed E-state index contributed by atoms with van der Waals surface area (Å²) in [6.07, 6.45) is 8.83. The van der Waals surface area contributed by atoms with Crippen molar-refractivity contribution in [2.45, 2.75) is 63.8 Å². The molecule has 2 amide bonds. The number of aliphatic carboxylic acids is 1. The highest BCUT2D eigenvalue weighted by Crippen LogP contribution is 2.61. The molecule has 7 heteroatoms. The maximum Gasteiger partial charge on any atom is 0.303 e. The van der Waals surface area contributed by atoms with Crippen LogP contribution in [0.4, 0.5) is 0 Å². The average molecular weight is 447 g/mol. The van der Waals surface area contributed by atoms with E-state index in [0.717, 1.165) is 24.2 Å². The summed E-state index contributed by atoms with van der Waals surface area (Å²) >= 11 is 5.95. The maximum atomic E-state index is 12.8. The van der Waals surface area contributed by atoms with E-state index in [4.69, 9.17) is 16.7 Å². The smallest absolute Gasteiger partial charge is 0.303 e. The van der Waals surface area contributed by atoms with Gasteiger partial charge < -0.3 is 15.7 Å². The molecule has 0 aliphatic heterocycles. The van der Waals surface area contributed by atoms with E-state index in [9.17, 15) is 14.4 Å². The molecule has 6 nitrogen and oxygen atoms in total. The summed E-state index contributed by atoms with van der Waals surface area (Å²) in [4.78, 5) is 36.4. The Morgan fingerprint density at radius 2 is 1.74 bits per heavy atom. The van der Waals surface area contributed by atoms with Gasteiger partial charge in [-0.05, 0) is 92.7 Å². The van der Waals surface area contributed by atoms with Crippen molar-refractivity contribution in [3.8, 4) is 0 Å². The van der Waals surface area contributed by atoms with Crippen molar-refractivity contribution in [1.29, 1.82) is 0 Å². The van der Waals surface area contributed by atoms with Crippen LogP contribution >= 0.6 is 11.6 Å². The lowest BCUT2D eigenvalue weighted by atomic mass is 9.49. The molecule has 0 spiro atoms. The predicted octanol–water partition coefficient (Wildman–Crippen LogP) is 4.03. The minimum atomic E-state index is -0.997. The molecule has 168 valence electrons. The molecule has 0 heterocycles. The summed E-state index contributed by atoms with van der Waals surface area (Å²) in [5.41, 5.74) is 0.706. The van der Waals surface area contributed by atoms with E-state index in [1.807, 2.05) is 0 Å². The molecule has 0 saturated heterocycles. The Morgan fingerprint density at radius 3 is 2.32 bits per heavy atom. The zero-order chi connectivity index (χ0) is 22.0. The lowest BCUT2D eigenvalue weighted by molar-refractivity contribution is -0.137. The van der Waals surface area contributed by atoms with E-state index >= 15 is 0 Å². The SMILES string of the molecule is O=C(O)CC[C@@H](NC(=O)c1cccc(Cl)c1)C(=O)NCCC12CC3CC(CC(C3)C1)C2. The van der Waals surface area contributed by atoms with Crippen molar-refractivity contribution in [2.24, 2.45) is 23.2 Å². The fourth-order valence-corrected chi connectivity index (χ4v) is 6.77.